The second-order valence-corrected chi connectivity index (χ2v) is 6.54. The van der Waals surface area contributed by atoms with Gasteiger partial charge in [-0.1, -0.05) is 27.7 Å². The van der Waals surface area contributed by atoms with E-state index in [1.165, 1.54) is 0 Å². The van der Waals surface area contributed by atoms with Crippen molar-refractivity contribution >= 4 is 17.3 Å². The smallest absolute Gasteiger partial charge is 0.224 e. The van der Waals surface area contributed by atoms with E-state index in [0.29, 0.717) is 29.3 Å². The first-order valence-corrected chi connectivity index (χ1v) is 6.81. The van der Waals surface area contributed by atoms with E-state index in [1.807, 2.05) is 6.07 Å². The van der Waals surface area contributed by atoms with Gasteiger partial charge in [-0.25, -0.2) is 0 Å². The molecule has 1 atom stereocenters. The Morgan fingerprint density at radius 1 is 1.45 bits per heavy atom. The van der Waals surface area contributed by atoms with Crippen LogP contribution >= 0.6 is 0 Å². The molecule has 20 heavy (non-hydrogen) atoms. The summed E-state index contributed by atoms with van der Waals surface area (Å²) in [6, 6.07) is 6.94. The van der Waals surface area contributed by atoms with Crippen molar-refractivity contribution in [3.63, 3.8) is 0 Å². The van der Waals surface area contributed by atoms with Gasteiger partial charge in [-0.15, -0.1) is 0 Å². The van der Waals surface area contributed by atoms with Crippen LogP contribution in [0.1, 0.15) is 46.1 Å². The minimum absolute atomic E-state index is 0.0666. The number of carbonyl (C=O) groups is 1. The van der Waals surface area contributed by atoms with E-state index >= 15 is 0 Å². The molecule has 0 aliphatic carbocycles. The van der Waals surface area contributed by atoms with E-state index < -0.39 is 0 Å². The fourth-order valence-corrected chi connectivity index (χ4v) is 2.40. The van der Waals surface area contributed by atoms with Crippen molar-refractivity contribution in [3.8, 4) is 6.07 Å². The molecule has 0 heterocycles. The zero-order valence-electron chi connectivity index (χ0n) is 12.7. The van der Waals surface area contributed by atoms with Gasteiger partial charge >= 0.3 is 0 Å². The number of rotatable bonds is 4. The number of nitrogens with one attached hydrogen (secondary N) is 1. The molecular weight excluding hydrogens is 250 g/mol. The molecule has 0 aliphatic heterocycles. The van der Waals surface area contributed by atoms with Crippen LogP contribution in [-0.4, -0.2) is 5.91 Å². The lowest BCUT2D eigenvalue weighted by Gasteiger charge is -2.22. The highest BCUT2D eigenvalue weighted by atomic mass is 16.1. The molecular formula is C16H23N3O. The fourth-order valence-electron chi connectivity index (χ4n) is 2.40. The normalized spacial score (nSPS) is 12.6. The molecule has 3 N–H and O–H groups in total. The van der Waals surface area contributed by atoms with Crippen molar-refractivity contribution in [2.75, 3.05) is 11.1 Å². The summed E-state index contributed by atoms with van der Waals surface area (Å²) < 4.78 is 0. The van der Waals surface area contributed by atoms with Crippen LogP contribution in [0.3, 0.4) is 0 Å². The third-order valence-electron chi connectivity index (χ3n) is 2.93. The SMILES string of the molecule is CC(CC(=O)Nc1ccc(N)cc1C#N)CC(C)(C)C. The van der Waals surface area contributed by atoms with Crippen molar-refractivity contribution in [2.45, 2.75) is 40.5 Å². The van der Waals surface area contributed by atoms with Crippen LogP contribution in [0.25, 0.3) is 0 Å². The Morgan fingerprint density at radius 3 is 2.65 bits per heavy atom. The van der Waals surface area contributed by atoms with Gasteiger partial charge in [-0.3, -0.25) is 4.79 Å². The molecule has 0 aliphatic rings. The van der Waals surface area contributed by atoms with Crippen LogP contribution in [0.5, 0.6) is 0 Å². The lowest BCUT2D eigenvalue weighted by atomic mass is 9.84. The number of nitrogens with zero attached hydrogens (tertiary/aromatic N) is 1. The van der Waals surface area contributed by atoms with E-state index in [2.05, 4.69) is 33.0 Å². The van der Waals surface area contributed by atoms with Crippen molar-refractivity contribution in [3.05, 3.63) is 23.8 Å². The van der Waals surface area contributed by atoms with Crippen LogP contribution < -0.4 is 11.1 Å². The molecule has 0 aromatic heterocycles. The summed E-state index contributed by atoms with van der Waals surface area (Å²) in [5.41, 5.74) is 7.26. The van der Waals surface area contributed by atoms with Gasteiger partial charge in [0.1, 0.15) is 6.07 Å². The molecule has 1 aromatic rings. The summed E-state index contributed by atoms with van der Waals surface area (Å²) in [4.78, 5) is 12.0. The molecule has 1 rings (SSSR count). The van der Waals surface area contributed by atoms with E-state index in [9.17, 15) is 4.79 Å². The molecule has 0 spiro atoms. The molecule has 0 radical (unpaired) electrons. The molecule has 4 nitrogen and oxygen atoms in total. The number of nitriles is 1. The molecule has 0 saturated heterocycles. The Bertz CT molecular complexity index is 524. The number of benzene rings is 1. The van der Waals surface area contributed by atoms with Gasteiger partial charge in [0.2, 0.25) is 5.91 Å². The van der Waals surface area contributed by atoms with Crippen LogP contribution in [0.2, 0.25) is 0 Å². The summed E-state index contributed by atoms with van der Waals surface area (Å²) in [6.45, 7) is 8.55. The van der Waals surface area contributed by atoms with Crippen LogP contribution in [0.4, 0.5) is 11.4 Å². The molecule has 1 aromatic carbocycles. The standard InChI is InChI=1S/C16H23N3O/c1-11(9-16(2,3)4)7-15(20)19-14-6-5-13(18)8-12(14)10-17/h5-6,8,11H,7,9,18H2,1-4H3,(H,19,20). The topological polar surface area (TPSA) is 78.9 Å². The van der Waals surface area contributed by atoms with Gasteiger partial charge in [0, 0.05) is 12.1 Å². The predicted molar refractivity (Wildman–Crippen MR) is 82.1 cm³/mol. The summed E-state index contributed by atoms with van der Waals surface area (Å²) in [7, 11) is 0. The van der Waals surface area contributed by atoms with Crippen molar-refractivity contribution < 1.29 is 4.79 Å². The third-order valence-corrected chi connectivity index (χ3v) is 2.93. The first kappa shape index (κ1) is 16.0. The molecule has 1 unspecified atom stereocenters. The first-order valence-electron chi connectivity index (χ1n) is 6.81. The van der Waals surface area contributed by atoms with E-state index in [-0.39, 0.29) is 11.3 Å². The highest BCUT2D eigenvalue weighted by Crippen LogP contribution is 2.26. The highest BCUT2D eigenvalue weighted by Gasteiger charge is 2.18. The summed E-state index contributed by atoms with van der Waals surface area (Å²) in [6.07, 6.45) is 1.43. The van der Waals surface area contributed by atoms with Crippen LogP contribution in [-0.2, 0) is 4.79 Å². The molecule has 0 fully saturated rings. The summed E-state index contributed by atoms with van der Waals surface area (Å²) >= 11 is 0. The predicted octanol–water partition coefficient (Wildman–Crippen LogP) is 3.54. The van der Waals surface area contributed by atoms with Gasteiger partial charge in [0.25, 0.3) is 0 Å². The number of anilines is 2. The van der Waals surface area contributed by atoms with Crippen molar-refractivity contribution in [1.29, 1.82) is 5.26 Å². The lowest BCUT2D eigenvalue weighted by Crippen LogP contribution is -2.19. The Hall–Kier alpha value is -2.02. The summed E-state index contributed by atoms with van der Waals surface area (Å²) in [5, 5.41) is 11.8. The fraction of sp³-hybridized carbons (Fsp3) is 0.500. The van der Waals surface area contributed by atoms with Crippen LogP contribution in [0, 0.1) is 22.7 Å². The minimum atomic E-state index is -0.0666. The van der Waals surface area contributed by atoms with E-state index in [4.69, 9.17) is 11.0 Å². The zero-order valence-corrected chi connectivity index (χ0v) is 12.7. The maximum atomic E-state index is 12.0. The van der Waals surface area contributed by atoms with Gasteiger partial charge in [0.15, 0.2) is 0 Å². The average molecular weight is 273 g/mol. The Kier molecular flexibility index (Phi) is 5.15. The van der Waals surface area contributed by atoms with Crippen molar-refractivity contribution in [2.24, 2.45) is 11.3 Å². The number of nitrogen functional groups attached to an aromatic ring is 1. The monoisotopic (exact) mass is 273 g/mol. The van der Waals surface area contributed by atoms with Crippen molar-refractivity contribution in [1.82, 2.24) is 0 Å². The average Bonchev–Trinajstić information content (AvgIpc) is 2.28. The van der Waals surface area contributed by atoms with Gasteiger partial charge in [-0.2, -0.15) is 5.26 Å². The van der Waals surface area contributed by atoms with Gasteiger partial charge in [0.05, 0.1) is 11.3 Å². The quantitative estimate of drug-likeness (QED) is 0.823. The second-order valence-electron chi connectivity index (χ2n) is 6.54. The Morgan fingerprint density at radius 2 is 2.10 bits per heavy atom. The summed E-state index contributed by atoms with van der Waals surface area (Å²) in [5.74, 6) is 0.234. The zero-order chi connectivity index (χ0) is 15.3. The largest absolute Gasteiger partial charge is 0.399 e. The molecule has 4 heteroatoms. The lowest BCUT2D eigenvalue weighted by molar-refractivity contribution is -0.117. The number of nitrogens with two attached hydrogens (primary N) is 1. The van der Waals surface area contributed by atoms with Crippen LogP contribution in [0.15, 0.2) is 18.2 Å². The second kappa shape index (κ2) is 6.42. The first-order chi connectivity index (χ1) is 9.21. The molecule has 0 bridgehead atoms. The van der Waals surface area contributed by atoms with E-state index in [0.717, 1.165) is 6.42 Å². The Balaban J connectivity index is 2.66. The molecule has 1 amide bonds. The van der Waals surface area contributed by atoms with Gasteiger partial charge in [-0.05, 0) is 36.0 Å². The number of hydrogen-bond acceptors (Lipinski definition) is 3. The molecule has 108 valence electrons. The number of amides is 1. The number of carbonyl (C=O) groups excluding carboxylic acids is 1. The minimum Gasteiger partial charge on any atom is -0.399 e. The maximum Gasteiger partial charge on any atom is 0.224 e. The molecule has 0 saturated carbocycles. The third kappa shape index (κ3) is 5.31. The number of hydrogen-bond donors (Lipinski definition) is 2. The van der Waals surface area contributed by atoms with Gasteiger partial charge < -0.3 is 11.1 Å². The highest BCUT2D eigenvalue weighted by molar-refractivity contribution is 5.92. The maximum absolute atomic E-state index is 12.0. The van der Waals surface area contributed by atoms with E-state index in [1.54, 1.807) is 18.2 Å². The Labute approximate surface area is 121 Å².